The highest BCUT2D eigenvalue weighted by molar-refractivity contribution is 6.00. The first-order chi connectivity index (χ1) is 8.08. The number of ether oxygens (including phenoxy) is 1. The largest absolute Gasteiger partial charge is 0.496 e. The third-order valence-corrected chi connectivity index (χ3v) is 2.68. The zero-order valence-electron chi connectivity index (χ0n) is 10.6. The molecule has 3 nitrogen and oxygen atoms in total. The lowest BCUT2D eigenvalue weighted by molar-refractivity contribution is -0.116. The van der Waals surface area contributed by atoms with Gasteiger partial charge in [0.05, 0.1) is 12.7 Å². The Kier molecular flexibility index (Phi) is 4.88. The van der Waals surface area contributed by atoms with Crippen molar-refractivity contribution in [2.24, 2.45) is 0 Å². The van der Waals surface area contributed by atoms with E-state index in [9.17, 15) is 9.59 Å². The standard InChI is InChI=1S/C14H18O3/c1-4-11-6-8-14(17-3)12(9-11)13(16)7-5-10(2)15/h6,8-9H,4-5,7H2,1-3H3. The highest BCUT2D eigenvalue weighted by Crippen LogP contribution is 2.22. The van der Waals surface area contributed by atoms with Crippen LogP contribution in [0.3, 0.4) is 0 Å². The molecule has 0 saturated carbocycles. The molecule has 0 aromatic heterocycles. The van der Waals surface area contributed by atoms with Gasteiger partial charge in [-0.3, -0.25) is 4.79 Å². The highest BCUT2D eigenvalue weighted by atomic mass is 16.5. The molecule has 0 heterocycles. The molecule has 0 fully saturated rings. The summed E-state index contributed by atoms with van der Waals surface area (Å²) < 4.78 is 5.17. The van der Waals surface area contributed by atoms with Gasteiger partial charge < -0.3 is 9.53 Å². The summed E-state index contributed by atoms with van der Waals surface area (Å²) in [5.41, 5.74) is 1.67. The Morgan fingerprint density at radius 2 is 1.94 bits per heavy atom. The average molecular weight is 234 g/mol. The minimum atomic E-state index is -0.0349. The molecule has 1 rings (SSSR count). The van der Waals surface area contributed by atoms with Crippen molar-refractivity contribution in [1.29, 1.82) is 0 Å². The number of aryl methyl sites for hydroxylation is 1. The van der Waals surface area contributed by atoms with Gasteiger partial charge in [0.25, 0.3) is 0 Å². The van der Waals surface area contributed by atoms with Crippen molar-refractivity contribution in [1.82, 2.24) is 0 Å². The van der Waals surface area contributed by atoms with Crippen LogP contribution in [-0.2, 0) is 11.2 Å². The molecule has 17 heavy (non-hydrogen) atoms. The van der Waals surface area contributed by atoms with Crippen LogP contribution >= 0.6 is 0 Å². The van der Waals surface area contributed by atoms with Gasteiger partial charge in [0, 0.05) is 12.8 Å². The Balaban J connectivity index is 2.93. The molecule has 0 radical (unpaired) electrons. The normalized spacial score (nSPS) is 10.1. The lowest BCUT2D eigenvalue weighted by Crippen LogP contribution is -2.05. The first kappa shape index (κ1) is 13.4. The fraction of sp³-hybridized carbons (Fsp3) is 0.429. The molecule has 0 unspecified atom stereocenters. The molecule has 0 bridgehead atoms. The van der Waals surface area contributed by atoms with Crippen LogP contribution in [0.5, 0.6) is 5.75 Å². The summed E-state index contributed by atoms with van der Waals surface area (Å²) in [7, 11) is 1.54. The van der Waals surface area contributed by atoms with Crippen LogP contribution in [0.1, 0.15) is 42.6 Å². The molecule has 92 valence electrons. The maximum atomic E-state index is 12.0. The van der Waals surface area contributed by atoms with Gasteiger partial charge in [-0.1, -0.05) is 13.0 Å². The maximum absolute atomic E-state index is 12.0. The van der Waals surface area contributed by atoms with E-state index in [1.54, 1.807) is 13.2 Å². The van der Waals surface area contributed by atoms with Gasteiger partial charge in [-0.25, -0.2) is 0 Å². The van der Waals surface area contributed by atoms with E-state index in [2.05, 4.69) is 0 Å². The van der Waals surface area contributed by atoms with Crippen LogP contribution in [0, 0.1) is 0 Å². The van der Waals surface area contributed by atoms with Crippen LogP contribution < -0.4 is 4.74 Å². The molecule has 0 spiro atoms. The number of carbonyl (C=O) groups excluding carboxylic acids is 2. The van der Waals surface area contributed by atoms with E-state index in [0.29, 0.717) is 17.7 Å². The molecule has 0 amide bonds. The molecular weight excluding hydrogens is 216 g/mol. The van der Waals surface area contributed by atoms with Crippen molar-refractivity contribution >= 4 is 11.6 Å². The summed E-state index contributed by atoms with van der Waals surface area (Å²) in [5, 5.41) is 0. The number of methoxy groups -OCH3 is 1. The molecule has 0 atom stereocenters. The van der Waals surface area contributed by atoms with E-state index < -0.39 is 0 Å². The lowest BCUT2D eigenvalue weighted by atomic mass is 10.0. The second kappa shape index (κ2) is 6.18. The predicted molar refractivity (Wildman–Crippen MR) is 66.6 cm³/mol. The predicted octanol–water partition coefficient (Wildman–Crippen LogP) is 2.81. The summed E-state index contributed by atoms with van der Waals surface area (Å²) in [6.07, 6.45) is 1.41. The van der Waals surface area contributed by atoms with Gasteiger partial charge in [0.2, 0.25) is 0 Å². The topological polar surface area (TPSA) is 43.4 Å². The van der Waals surface area contributed by atoms with E-state index in [0.717, 1.165) is 12.0 Å². The molecular formula is C14H18O3. The lowest BCUT2D eigenvalue weighted by Gasteiger charge is -2.09. The van der Waals surface area contributed by atoms with Crippen molar-refractivity contribution in [3.8, 4) is 5.75 Å². The third-order valence-electron chi connectivity index (χ3n) is 2.68. The monoisotopic (exact) mass is 234 g/mol. The molecule has 0 aliphatic carbocycles. The number of hydrogen-bond donors (Lipinski definition) is 0. The van der Waals surface area contributed by atoms with E-state index in [-0.39, 0.29) is 18.0 Å². The average Bonchev–Trinajstić information content (AvgIpc) is 2.34. The van der Waals surface area contributed by atoms with Crippen molar-refractivity contribution in [3.05, 3.63) is 29.3 Å². The smallest absolute Gasteiger partial charge is 0.167 e. The minimum Gasteiger partial charge on any atom is -0.496 e. The Hall–Kier alpha value is -1.64. The van der Waals surface area contributed by atoms with E-state index in [1.165, 1.54) is 6.92 Å². The fourth-order valence-electron chi connectivity index (χ4n) is 1.62. The SMILES string of the molecule is CCc1ccc(OC)c(C(=O)CCC(C)=O)c1. The van der Waals surface area contributed by atoms with Gasteiger partial charge in [0.1, 0.15) is 11.5 Å². The van der Waals surface area contributed by atoms with Crippen molar-refractivity contribution in [2.75, 3.05) is 7.11 Å². The van der Waals surface area contributed by atoms with Crippen molar-refractivity contribution < 1.29 is 14.3 Å². The number of rotatable bonds is 6. The number of Topliss-reactive ketones (excluding diaryl/α,β-unsaturated/α-hetero) is 2. The van der Waals surface area contributed by atoms with Gasteiger partial charge in [-0.2, -0.15) is 0 Å². The van der Waals surface area contributed by atoms with Gasteiger partial charge in [0.15, 0.2) is 5.78 Å². The van der Waals surface area contributed by atoms with E-state index in [1.807, 2.05) is 19.1 Å². The van der Waals surface area contributed by atoms with Crippen molar-refractivity contribution in [3.63, 3.8) is 0 Å². The summed E-state index contributed by atoms with van der Waals surface area (Å²) >= 11 is 0. The fourth-order valence-corrected chi connectivity index (χ4v) is 1.62. The zero-order chi connectivity index (χ0) is 12.8. The summed E-state index contributed by atoms with van der Waals surface area (Å²) in [6.45, 7) is 3.53. The first-order valence-corrected chi connectivity index (χ1v) is 5.78. The van der Waals surface area contributed by atoms with Crippen LogP contribution in [0.15, 0.2) is 18.2 Å². The third kappa shape index (κ3) is 3.70. The quantitative estimate of drug-likeness (QED) is 0.711. The van der Waals surface area contributed by atoms with E-state index in [4.69, 9.17) is 4.74 Å². The maximum Gasteiger partial charge on any atom is 0.167 e. The Labute approximate surface area is 102 Å². The minimum absolute atomic E-state index is 0.0314. The Morgan fingerprint density at radius 1 is 1.24 bits per heavy atom. The van der Waals surface area contributed by atoms with Gasteiger partial charge in [-0.15, -0.1) is 0 Å². The second-order valence-electron chi connectivity index (χ2n) is 4.01. The molecule has 0 aliphatic heterocycles. The van der Waals surface area contributed by atoms with Crippen LogP contribution in [0.4, 0.5) is 0 Å². The molecule has 0 aliphatic rings. The summed E-state index contributed by atoms with van der Waals surface area (Å²) in [6, 6.07) is 5.60. The number of carbonyl (C=O) groups is 2. The molecule has 1 aromatic rings. The summed E-state index contributed by atoms with van der Waals surface area (Å²) in [4.78, 5) is 22.8. The van der Waals surface area contributed by atoms with Gasteiger partial charge in [-0.05, 0) is 31.0 Å². The second-order valence-corrected chi connectivity index (χ2v) is 4.01. The van der Waals surface area contributed by atoms with Crippen LogP contribution in [0.2, 0.25) is 0 Å². The number of ketones is 2. The highest BCUT2D eigenvalue weighted by Gasteiger charge is 2.13. The zero-order valence-corrected chi connectivity index (χ0v) is 10.6. The van der Waals surface area contributed by atoms with Gasteiger partial charge >= 0.3 is 0 Å². The van der Waals surface area contributed by atoms with Crippen LogP contribution in [-0.4, -0.2) is 18.7 Å². The van der Waals surface area contributed by atoms with E-state index >= 15 is 0 Å². The molecule has 1 aromatic carbocycles. The first-order valence-electron chi connectivity index (χ1n) is 5.78. The molecule has 0 N–H and O–H groups in total. The molecule has 3 heteroatoms. The molecule has 0 saturated heterocycles. The summed E-state index contributed by atoms with van der Waals surface area (Å²) in [5.74, 6) is 0.576. The number of hydrogen-bond acceptors (Lipinski definition) is 3. The Bertz CT molecular complexity index is 421. The number of benzene rings is 1. The Morgan fingerprint density at radius 3 is 2.47 bits per heavy atom. The van der Waals surface area contributed by atoms with Crippen molar-refractivity contribution in [2.45, 2.75) is 33.1 Å². The van der Waals surface area contributed by atoms with Crippen LogP contribution in [0.25, 0.3) is 0 Å².